The first kappa shape index (κ1) is 17.6. The maximum absolute atomic E-state index is 14.0. The number of aryl methyl sites for hydroxylation is 1. The van der Waals surface area contributed by atoms with Gasteiger partial charge in [-0.25, -0.2) is 9.18 Å². The highest BCUT2D eigenvalue weighted by atomic mass is 19.1. The Morgan fingerprint density at radius 1 is 1.33 bits per heavy atom. The maximum Gasteiger partial charge on any atom is 0.327 e. The molecule has 1 N–H and O–H groups in total. The lowest BCUT2D eigenvalue weighted by molar-refractivity contribution is -0.147. The number of ether oxygens (including phenoxy) is 3. The molecule has 0 heterocycles. The van der Waals surface area contributed by atoms with Gasteiger partial charge in [-0.05, 0) is 19.9 Å². The third kappa shape index (κ3) is 5.08. The van der Waals surface area contributed by atoms with Gasteiger partial charge in [-0.15, -0.1) is 0 Å². The molecule has 0 fully saturated rings. The minimum absolute atomic E-state index is 0.225. The van der Waals surface area contributed by atoms with Gasteiger partial charge in [0.15, 0.2) is 6.29 Å². The lowest BCUT2D eigenvalue weighted by Crippen LogP contribution is -2.37. The van der Waals surface area contributed by atoms with Crippen molar-refractivity contribution < 1.29 is 23.4 Å². The fourth-order valence-electron chi connectivity index (χ4n) is 1.91. The summed E-state index contributed by atoms with van der Waals surface area (Å²) in [5.41, 5.74) is 1.11. The van der Waals surface area contributed by atoms with Crippen molar-refractivity contribution in [1.82, 2.24) is 5.32 Å². The Morgan fingerprint density at radius 2 is 2.00 bits per heavy atom. The fraction of sp³-hybridized carbons (Fsp3) is 0.533. The molecule has 0 saturated heterocycles. The first-order chi connectivity index (χ1) is 10.0. The van der Waals surface area contributed by atoms with Gasteiger partial charge >= 0.3 is 5.97 Å². The number of carbonyl (C=O) groups is 1. The standard InChI is InChI=1S/C15H22FNO4/c1-5-21-15(18)14(17-9-13(19-3)20-4)11-8-10(2)6-7-12(11)16/h6-8,13-14,17H,5,9H2,1-4H3/t14-/m1/s1. The number of hydrogen-bond acceptors (Lipinski definition) is 5. The van der Waals surface area contributed by atoms with Crippen LogP contribution in [0.3, 0.4) is 0 Å². The molecule has 118 valence electrons. The minimum atomic E-state index is -0.905. The highest BCUT2D eigenvalue weighted by molar-refractivity contribution is 5.77. The highest BCUT2D eigenvalue weighted by Gasteiger charge is 2.25. The Morgan fingerprint density at radius 3 is 2.57 bits per heavy atom. The maximum atomic E-state index is 14.0. The van der Waals surface area contributed by atoms with Crippen molar-refractivity contribution in [1.29, 1.82) is 0 Å². The smallest absolute Gasteiger partial charge is 0.327 e. The fourth-order valence-corrected chi connectivity index (χ4v) is 1.91. The van der Waals surface area contributed by atoms with E-state index in [4.69, 9.17) is 14.2 Å². The quantitative estimate of drug-likeness (QED) is 0.587. The van der Waals surface area contributed by atoms with Crippen LogP contribution in [-0.2, 0) is 19.0 Å². The molecule has 1 aromatic carbocycles. The van der Waals surface area contributed by atoms with Crippen molar-refractivity contribution in [3.63, 3.8) is 0 Å². The van der Waals surface area contributed by atoms with Crippen molar-refractivity contribution >= 4 is 5.97 Å². The van der Waals surface area contributed by atoms with E-state index >= 15 is 0 Å². The second-order valence-corrected chi connectivity index (χ2v) is 4.52. The normalized spacial score (nSPS) is 12.5. The number of methoxy groups -OCH3 is 2. The molecule has 5 nitrogen and oxygen atoms in total. The summed E-state index contributed by atoms with van der Waals surface area (Å²) >= 11 is 0. The average molecular weight is 299 g/mol. The zero-order valence-electron chi connectivity index (χ0n) is 12.8. The van der Waals surface area contributed by atoms with E-state index in [2.05, 4.69) is 5.32 Å². The molecule has 0 saturated carbocycles. The third-order valence-electron chi connectivity index (χ3n) is 3.00. The summed E-state index contributed by atoms with van der Waals surface area (Å²) in [6.45, 7) is 3.99. The molecule has 0 radical (unpaired) electrons. The molecule has 0 aliphatic carbocycles. The molecule has 21 heavy (non-hydrogen) atoms. The molecule has 0 aliphatic heterocycles. The van der Waals surface area contributed by atoms with Crippen LogP contribution in [0, 0.1) is 12.7 Å². The SMILES string of the molecule is CCOC(=O)[C@H](NCC(OC)OC)c1cc(C)ccc1F. The Balaban J connectivity index is 2.96. The third-order valence-corrected chi connectivity index (χ3v) is 3.00. The number of nitrogens with one attached hydrogen (secondary N) is 1. The molecule has 0 unspecified atom stereocenters. The lowest BCUT2D eigenvalue weighted by atomic mass is 10.0. The molecule has 0 aliphatic rings. The van der Waals surface area contributed by atoms with E-state index in [1.54, 1.807) is 19.1 Å². The van der Waals surface area contributed by atoms with Crippen LogP contribution in [-0.4, -0.2) is 39.6 Å². The predicted molar refractivity (Wildman–Crippen MR) is 76.3 cm³/mol. The van der Waals surface area contributed by atoms with Crippen molar-refractivity contribution in [2.75, 3.05) is 27.4 Å². The Labute approximate surface area is 124 Å². The predicted octanol–water partition coefficient (Wildman–Crippen LogP) is 1.95. The van der Waals surface area contributed by atoms with E-state index in [1.165, 1.54) is 20.3 Å². The van der Waals surface area contributed by atoms with Crippen LogP contribution in [0.25, 0.3) is 0 Å². The van der Waals surface area contributed by atoms with Gasteiger partial charge in [-0.2, -0.15) is 0 Å². The van der Waals surface area contributed by atoms with Gasteiger partial charge in [-0.3, -0.25) is 5.32 Å². The summed E-state index contributed by atoms with van der Waals surface area (Å²) in [4.78, 5) is 12.1. The summed E-state index contributed by atoms with van der Waals surface area (Å²) in [6, 6.07) is 3.70. The summed E-state index contributed by atoms with van der Waals surface area (Å²) in [6.07, 6.45) is -0.533. The zero-order valence-corrected chi connectivity index (χ0v) is 12.8. The van der Waals surface area contributed by atoms with Gasteiger partial charge in [0.1, 0.15) is 11.9 Å². The highest BCUT2D eigenvalue weighted by Crippen LogP contribution is 2.20. The van der Waals surface area contributed by atoms with E-state index in [0.29, 0.717) is 0 Å². The molecule has 6 heteroatoms. The molecule has 1 rings (SSSR count). The Bertz CT molecular complexity index is 463. The van der Waals surface area contributed by atoms with Gasteiger partial charge in [0.25, 0.3) is 0 Å². The van der Waals surface area contributed by atoms with E-state index in [0.717, 1.165) is 5.56 Å². The summed E-state index contributed by atoms with van der Waals surface area (Å²) in [5, 5.41) is 2.93. The number of carbonyl (C=O) groups excluding carboxylic acids is 1. The first-order valence-electron chi connectivity index (χ1n) is 6.75. The molecule has 0 aromatic heterocycles. The van der Waals surface area contributed by atoms with Crippen LogP contribution in [0.15, 0.2) is 18.2 Å². The van der Waals surface area contributed by atoms with Gasteiger partial charge in [0, 0.05) is 26.3 Å². The average Bonchev–Trinajstić information content (AvgIpc) is 2.47. The van der Waals surface area contributed by atoms with Crippen LogP contribution in [0.4, 0.5) is 4.39 Å². The topological polar surface area (TPSA) is 56.8 Å². The molecule has 1 aromatic rings. The largest absolute Gasteiger partial charge is 0.465 e. The van der Waals surface area contributed by atoms with E-state index in [-0.39, 0.29) is 18.7 Å². The first-order valence-corrected chi connectivity index (χ1v) is 6.75. The number of benzene rings is 1. The molecule has 0 spiro atoms. The molecular formula is C15H22FNO4. The van der Waals surface area contributed by atoms with Crippen molar-refractivity contribution in [2.24, 2.45) is 0 Å². The minimum Gasteiger partial charge on any atom is -0.465 e. The summed E-state index contributed by atoms with van der Waals surface area (Å²) in [7, 11) is 2.98. The number of halogens is 1. The van der Waals surface area contributed by atoms with Crippen molar-refractivity contribution in [2.45, 2.75) is 26.2 Å². The van der Waals surface area contributed by atoms with Crippen LogP contribution in [0.2, 0.25) is 0 Å². The lowest BCUT2D eigenvalue weighted by Gasteiger charge is -2.21. The zero-order chi connectivity index (χ0) is 15.8. The van der Waals surface area contributed by atoms with Gasteiger partial charge in [-0.1, -0.05) is 17.7 Å². The van der Waals surface area contributed by atoms with Gasteiger partial charge < -0.3 is 14.2 Å². The monoisotopic (exact) mass is 299 g/mol. The van der Waals surface area contributed by atoms with Crippen LogP contribution >= 0.6 is 0 Å². The molecule has 1 atom stereocenters. The van der Waals surface area contributed by atoms with Gasteiger partial charge in [0.05, 0.1) is 6.61 Å². The second-order valence-electron chi connectivity index (χ2n) is 4.52. The number of rotatable bonds is 8. The van der Waals surface area contributed by atoms with Crippen LogP contribution in [0.1, 0.15) is 24.1 Å². The molecule has 0 amide bonds. The molecule has 0 bridgehead atoms. The summed E-state index contributed by atoms with van der Waals surface area (Å²) < 4.78 is 29.1. The Kier molecular flexibility index (Phi) is 7.28. The molecular weight excluding hydrogens is 277 g/mol. The van der Waals surface area contributed by atoms with E-state index in [9.17, 15) is 9.18 Å². The van der Waals surface area contributed by atoms with Crippen molar-refractivity contribution in [3.05, 3.63) is 35.1 Å². The summed E-state index contributed by atoms with van der Waals surface area (Å²) in [5.74, 6) is -0.995. The van der Waals surface area contributed by atoms with Crippen LogP contribution < -0.4 is 5.32 Å². The number of esters is 1. The van der Waals surface area contributed by atoms with E-state index < -0.39 is 24.1 Å². The van der Waals surface area contributed by atoms with Crippen LogP contribution in [0.5, 0.6) is 0 Å². The van der Waals surface area contributed by atoms with E-state index in [1.807, 2.05) is 6.92 Å². The van der Waals surface area contributed by atoms with Gasteiger partial charge in [0.2, 0.25) is 0 Å². The number of hydrogen-bond donors (Lipinski definition) is 1. The van der Waals surface area contributed by atoms with Crippen molar-refractivity contribution in [3.8, 4) is 0 Å². The second kappa shape index (κ2) is 8.71. The Hall–Kier alpha value is -1.50.